The fourth-order valence-electron chi connectivity index (χ4n) is 3.37. The van der Waals surface area contributed by atoms with E-state index in [1.165, 1.54) is 12.1 Å². The molecule has 2 fully saturated rings. The number of carbonyl (C=O) groups is 1. The lowest BCUT2D eigenvalue weighted by Gasteiger charge is -2.19. The van der Waals surface area contributed by atoms with Crippen molar-refractivity contribution in [2.45, 2.75) is 18.9 Å². The number of nitrogens with one attached hydrogen (secondary N) is 1. The molecule has 7 heteroatoms. The number of hydrogen-bond donors (Lipinski definition) is 2. The Morgan fingerprint density at radius 3 is 2.90 bits per heavy atom. The van der Waals surface area contributed by atoms with Gasteiger partial charge in [0.1, 0.15) is 0 Å². The first-order valence-electron chi connectivity index (χ1n) is 7.10. The van der Waals surface area contributed by atoms with Crippen LogP contribution >= 0.6 is 0 Å². The Bertz CT molecular complexity index is 577. The van der Waals surface area contributed by atoms with E-state index in [-0.39, 0.29) is 17.8 Å². The minimum atomic E-state index is -0.477. The topological polar surface area (TPSA) is 102 Å². The molecule has 3 rings (SSSR count). The van der Waals surface area contributed by atoms with Gasteiger partial charge in [0.15, 0.2) is 0 Å². The molecule has 7 nitrogen and oxygen atoms in total. The fourth-order valence-corrected chi connectivity index (χ4v) is 3.37. The predicted molar refractivity (Wildman–Crippen MR) is 77.9 cm³/mol. The smallest absolute Gasteiger partial charge is 0.321 e. The lowest BCUT2D eigenvalue weighted by molar-refractivity contribution is -0.384. The summed E-state index contributed by atoms with van der Waals surface area (Å²) in [5.74, 6) is 0.886. The summed E-state index contributed by atoms with van der Waals surface area (Å²) in [5, 5.41) is 13.5. The van der Waals surface area contributed by atoms with Crippen LogP contribution in [0.25, 0.3) is 0 Å². The Morgan fingerprint density at radius 2 is 2.19 bits per heavy atom. The Balaban J connectivity index is 1.65. The van der Waals surface area contributed by atoms with Crippen LogP contribution in [0.5, 0.6) is 0 Å². The number of urea groups is 1. The van der Waals surface area contributed by atoms with Crippen LogP contribution in [-0.2, 0) is 0 Å². The van der Waals surface area contributed by atoms with Gasteiger partial charge in [-0.1, -0.05) is 6.07 Å². The average Bonchev–Trinajstić information content (AvgIpc) is 3.02. The number of benzene rings is 1. The van der Waals surface area contributed by atoms with Gasteiger partial charge in [-0.05, 0) is 30.7 Å². The summed E-state index contributed by atoms with van der Waals surface area (Å²) in [6.45, 7) is 1.39. The van der Waals surface area contributed by atoms with Gasteiger partial charge in [0.05, 0.1) is 4.92 Å². The van der Waals surface area contributed by atoms with E-state index in [1.54, 1.807) is 17.0 Å². The van der Waals surface area contributed by atoms with Gasteiger partial charge in [0.25, 0.3) is 5.69 Å². The number of anilines is 1. The van der Waals surface area contributed by atoms with Crippen molar-refractivity contribution in [1.82, 2.24) is 4.90 Å². The maximum atomic E-state index is 12.2. The highest BCUT2D eigenvalue weighted by atomic mass is 16.6. The van der Waals surface area contributed by atoms with E-state index in [0.717, 1.165) is 19.4 Å². The van der Waals surface area contributed by atoms with Crippen LogP contribution in [0.15, 0.2) is 24.3 Å². The lowest BCUT2D eigenvalue weighted by atomic mass is 9.98. The summed E-state index contributed by atoms with van der Waals surface area (Å²) in [6, 6.07) is 5.94. The van der Waals surface area contributed by atoms with Gasteiger partial charge in [-0.15, -0.1) is 0 Å². The molecule has 2 aliphatic rings. The van der Waals surface area contributed by atoms with Crippen molar-refractivity contribution in [3.63, 3.8) is 0 Å². The molecule has 0 radical (unpaired) electrons. The monoisotopic (exact) mass is 290 g/mol. The van der Waals surface area contributed by atoms with Crippen LogP contribution in [0.3, 0.4) is 0 Å². The molecule has 3 N–H and O–H groups in total. The lowest BCUT2D eigenvalue weighted by Crippen LogP contribution is -2.36. The molecule has 0 aromatic heterocycles. The maximum Gasteiger partial charge on any atom is 0.321 e. The van der Waals surface area contributed by atoms with E-state index in [9.17, 15) is 14.9 Å². The van der Waals surface area contributed by atoms with E-state index < -0.39 is 4.92 Å². The first kappa shape index (κ1) is 13.8. The average molecular weight is 290 g/mol. The van der Waals surface area contributed by atoms with Crippen LogP contribution in [0.1, 0.15) is 12.8 Å². The van der Waals surface area contributed by atoms with Crippen LogP contribution in [0.4, 0.5) is 16.2 Å². The Kier molecular flexibility index (Phi) is 3.50. The van der Waals surface area contributed by atoms with Gasteiger partial charge in [-0.25, -0.2) is 4.79 Å². The third kappa shape index (κ3) is 2.69. The predicted octanol–water partition coefficient (Wildman–Crippen LogP) is 1.80. The second-order valence-corrected chi connectivity index (χ2v) is 5.81. The number of nitrogens with two attached hydrogens (primary N) is 1. The number of nitro groups is 1. The van der Waals surface area contributed by atoms with Crippen LogP contribution < -0.4 is 11.1 Å². The van der Waals surface area contributed by atoms with Crippen molar-refractivity contribution < 1.29 is 9.72 Å². The van der Waals surface area contributed by atoms with E-state index in [1.807, 2.05) is 0 Å². The number of likely N-dealkylation sites (tertiary alicyclic amines) is 1. The molecule has 1 aromatic carbocycles. The third-order valence-electron chi connectivity index (χ3n) is 4.51. The molecule has 3 unspecified atom stereocenters. The molecular formula is C14H18N4O3. The zero-order valence-corrected chi connectivity index (χ0v) is 11.6. The Labute approximate surface area is 122 Å². The van der Waals surface area contributed by atoms with Crippen molar-refractivity contribution in [3.8, 4) is 0 Å². The van der Waals surface area contributed by atoms with E-state index in [0.29, 0.717) is 24.1 Å². The van der Waals surface area contributed by atoms with E-state index in [2.05, 4.69) is 5.32 Å². The van der Waals surface area contributed by atoms with Crippen molar-refractivity contribution in [2.75, 3.05) is 18.4 Å². The number of fused-ring (bicyclic) bond motifs is 1. The number of rotatable bonds is 2. The Morgan fingerprint density at radius 1 is 1.38 bits per heavy atom. The number of hydrogen-bond acceptors (Lipinski definition) is 4. The van der Waals surface area contributed by atoms with Gasteiger partial charge < -0.3 is 16.0 Å². The fraction of sp³-hybridized carbons (Fsp3) is 0.500. The molecule has 2 amide bonds. The molecule has 112 valence electrons. The zero-order valence-electron chi connectivity index (χ0n) is 11.6. The number of nitro benzene ring substituents is 1. The molecule has 1 aliphatic heterocycles. The van der Waals surface area contributed by atoms with E-state index >= 15 is 0 Å². The first-order valence-corrected chi connectivity index (χ1v) is 7.10. The summed E-state index contributed by atoms with van der Waals surface area (Å²) in [6.07, 6.45) is 2.11. The van der Waals surface area contributed by atoms with Crippen LogP contribution in [0, 0.1) is 22.0 Å². The maximum absolute atomic E-state index is 12.2. The summed E-state index contributed by atoms with van der Waals surface area (Å²) in [4.78, 5) is 24.2. The summed E-state index contributed by atoms with van der Waals surface area (Å²) in [7, 11) is 0. The molecule has 0 bridgehead atoms. The SMILES string of the molecule is NC1CCC2CN(C(=O)Nc3cccc([N+](=O)[O-])c3)CC12. The third-order valence-corrected chi connectivity index (χ3v) is 4.51. The standard InChI is InChI=1S/C14H18N4O3/c15-13-5-4-9-7-17(8-12(9)13)14(19)16-10-2-1-3-11(6-10)18(20)21/h1-3,6,9,12-13H,4-5,7-8,15H2,(H,16,19). The molecule has 0 spiro atoms. The van der Waals surface area contributed by atoms with Crippen LogP contribution in [0.2, 0.25) is 0 Å². The van der Waals surface area contributed by atoms with Gasteiger partial charge in [0, 0.05) is 37.0 Å². The van der Waals surface area contributed by atoms with Crippen molar-refractivity contribution >= 4 is 17.4 Å². The molecule has 1 aliphatic carbocycles. The summed E-state index contributed by atoms with van der Waals surface area (Å²) in [5.41, 5.74) is 6.46. The number of non-ortho nitro benzene ring substituents is 1. The zero-order chi connectivity index (χ0) is 15.0. The van der Waals surface area contributed by atoms with Gasteiger partial charge in [0.2, 0.25) is 0 Å². The van der Waals surface area contributed by atoms with Gasteiger partial charge in [-0.2, -0.15) is 0 Å². The second-order valence-electron chi connectivity index (χ2n) is 5.81. The molecule has 3 atom stereocenters. The van der Waals surface area contributed by atoms with Crippen molar-refractivity contribution in [1.29, 1.82) is 0 Å². The normalized spacial score (nSPS) is 27.5. The summed E-state index contributed by atoms with van der Waals surface area (Å²) < 4.78 is 0. The highest BCUT2D eigenvalue weighted by Gasteiger charge is 2.42. The minimum absolute atomic E-state index is 0.0342. The highest BCUT2D eigenvalue weighted by molar-refractivity contribution is 5.89. The molecule has 1 aromatic rings. The van der Waals surface area contributed by atoms with E-state index in [4.69, 9.17) is 5.73 Å². The number of carbonyl (C=O) groups excluding carboxylic acids is 1. The molecule has 1 saturated heterocycles. The second kappa shape index (κ2) is 5.33. The molecule has 21 heavy (non-hydrogen) atoms. The van der Waals surface area contributed by atoms with Crippen molar-refractivity contribution in [2.24, 2.45) is 17.6 Å². The minimum Gasteiger partial charge on any atom is -0.327 e. The van der Waals surface area contributed by atoms with Gasteiger partial charge in [-0.3, -0.25) is 10.1 Å². The number of nitrogens with zero attached hydrogens (tertiary/aromatic N) is 2. The number of amides is 2. The Hall–Kier alpha value is -2.15. The van der Waals surface area contributed by atoms with Crippen molar-refractivity contribution in [3.05, 3.63) is 34.4 Å². The quantitative estimate of drug-likeness (QED) is 0.640. The largest absolute Gasteiger partial charge is 0.327 e. The molecular weight excluding hydrogens is 272 g/mol. The first-order chi connectivity index (χ1) is 10.0. The molecule has 1 heterocycles. The van der Waals surface area contributed by atoms with Crippen LogP contribution in [-0.4, -0.2) is 35.0 Å². The van der Waals surface area contributed by atoms with Gasteiger partial charge >= 0.3 is 6.03 Å². The highest BCUT2D eigenvalue weighted by Crippen LogP contribution is 2.37. The summed E-state index contributed by atoms with van der Waals surface area (Å²) >= 11 is 0. The molecule has 1 saturated carbocycles.